The molecule has 4 rings (SSSR count). The number of ether oxygens (including phenoxy) is 3. The Hall–Kier alpha value is -2.82. The van der Waals surface area contributed by atoms with Crippen LogP contribution in [0.25, 0.3) is 5.70 Å². The lowest BCUT2D eigenvalue weighted by Crippen LogP contribution is -2.21. The van der Waals surface area contributed by atoms with Gasteiger partial charge >= 0.3 is 0 Å². The standard InChI is InChI=1S/C19H18IN5O3/c1-26-16-9-8-13(17(27-2)18(16)28-3)15-10-14(11-4-6-12(20)7-5-11)21-19-22-23-24-25(15)19/h4-10,15H,1-3H3,(H,21,22,24)/t15-/m1/s1. The van der Waals surface area contributed by atoms with E-state index in [0.717, 1.165) is 16.8 Å². The molecule has 2 heterocycles. The fraction of sp³-hybridized carbons (Fsp3) is 0.211. The average molecular weight is 491 g/mol. The second kappa shape index (κ2) is 7.66. The summed E-state index contributed by atoms with van der Waals surface area (Å²) in [6.45, 7) is 0. The molecule has 3 aromatic rings. The van der Waals surface area contributed by atoms with E-state index in [1.54, 1.807) is 26.0 Å². The van der Waals surface area contributed by atoms with E-state index < -0.39 is 0 Å². The summed E-state index contributed by atoms with van der Waals surface area (Å²) in [6, 6.07) is 11.7. The van der Waals surface area contributed by atoms with Crippen LogP contribution in [0.2, 0.25) is 0 Å². The number of anilines is 1. The molecule has 0 bridgehead atoms. The van der Waals surface area contributed by atoms with Gasteiger partial charge in [0.2, 0.25) is 11.7 Å². The van der Waals surface area contributed by atoms with Crippen molar-refractivity contribution >= 4 is 34.2 Å². The van der Waals surface area contributed by atoms with Crippen molar-refractivity contribution in [2.75, 3.05) is 26.6 Å². The number of benzene rings is 2. The fourth-order valence-corrected chi connectivity index (χ4v) is 3.59. The molecule has 0 fully saturated rings. The Morgan fingerprint density at radius 2 is 1.71 bits per heavy atom. The van der Waals surface area contributed by atoms with E-state index in [4.69, 9.17) is 14.2 Å². The van der Waals surface area contributed by atoms with Gasteiger partial charge in [-0.15, -0.1) is 0 Å². The molecule has 8 nitrogen and oxygen atoms in total. The maximum absolute atomic E-state index is 5.67. The van der Waals surface area contributed by atoms with Crippen LogP contribution in [0.15, 0.2) is 42.5 Å². The molecule has 0 amide bonds. The van der Waals surface area contributed by atoms with Crippen LogP contribution in [0.5, 0.6) is 17.2 Å². The quantitative estimate of drug-likeness (QED) is 0.549. The molecule has 1 aliphatic rings. The summed E-state index contributed by atoms with van der Waals surface area (Å²) in [5, 5.41) is 15.4. The van der Waals surface area contributed by atoms with Crippen LogP contribution in [0.3, 0.4) is 0 Å². The molecule has 1 aliphatic heterocycles. The highest BCUT2D eigenvalue weighted by molar-refractivity contribution is 14.1. The minimum absolute atomic E-state index is 0.282. The van der Waals surface area contributed by atoms with Crippen molar-refractivity contribution in [3.8, 4) is 17.2 Å². The van der Waals surface area contributed by atoms with Gasteiger partial charge in [-0.05, 0) is 68.9 Å². The van der Waals surface area contributed by atoms with Gasteiger partial charge in [0.25, 0.3) is 0 Å². The van der Waals surface area contributed by atoms with E-state index in [0.29, 0.717) is 23.2 Å². The van der Waals surface area contributed by atoms with Crippen LogP contribution in [-0.2, 0) is 0 Å². The van der Waals surface area contributed by atoms with Gasteiger partial charge in [0.1, 0.15) is 6.04 Å². The molecule has 0 saturated heterocycles. The first-order valence-electron chi connectivity index (χ1n) is 8.47. The molecule has 1 atom stereocenters. The minimum atomic E-state index is -0.282. The third kappa shape index (κ3) is 3.15. The summed E-state index contributed by atoms with van der Waals surface area (Å²) in [7, 11) is 4.78. The normalized spacial score (nSPS) is 15.3. The summed E-state index contributed by atoms with van der Waals surface area (Å²) < 4.78 is 19.5. The molecule has 28 heavy (non-hydrogen) atoms. The van der Waals surface area contributed by atoms with Crippen molar-refractivity contribution in [2.45, 2.75) is 6.04 Å². The molecule has 1 N–H and O–H groups in total. The fourth-order valence-electron chi connectivity index (χ4n) is 3.23. The maximum atomic E-state index is 5.67. The van der Waals surface area contributed by atoms with Crippen LogP contribution >= 0.6 is 22.6 Å². The molecule has 144 valence electrons. The molecule has 0 spiro atoms. The van der Waals surface area contributed by atoms with E-state index in [2.05, 4.69) is 73.8 Å². The molecule has 0 unspecified atom stereocenters. The zero-order valence-corrected chi connectivity index (χ0v) is 17.7. The molecule has 0 saturated carbocycles. The number of tetrazole rings is 1. The maximum Gasteiger partial charge on any atom is 0.248 e. The average Bonchev–Trinajstić information content (AvgIpc) is 3.21. The summed E-state index contributed by atoms with van der Waals surface area (Å²) in [5.41, 5.74) is 2.82. The van der Waals surface area contributed by atoms with Gasteiger partial charge in [-0.3, -0.25) is 0 Å². The largest absolute Gasteiger partial charge is 0.493 e. The third-order valence-electron chi connectivity index (χ3n) is 4.54. The number of fused-ring (bicyclic) bond motifs is 1. The van der Waals surface area contributed by atoms with Crippen molar-refractivity contribution in [2.24, 2.45) is 0 Å². The van der Waals surface area contributed by atoms with Gasteiger partial charge in [0.15, 0.2) is 11.5 Å². The molecule has 9 heteroatoms. The Bertz CT molecular complexity index is 1030. The van der Waals surface area contributed by atoms with Gasteiger partial charge in [0.05, 0.1) is 21.3 Å². The second-order valence-electron chi connectivity index (χ2n) is 6.03. The van der Waals surface area contributed by atoms with Gasteiger partial charge in [-0.1, -0.05) is 17.2 Å². The highest BCUT2D eigenvalue weighted by Gasteiger charge is 2.29. The second-order valence-corrected chi connectivity index (χ2v) is 7.27. The molecule has 0 aliphatic carbocycles. The lowest BCUT2D eigenvalue weighted by molar-refractivity contribution is 0.320. The highest BCUT2D eigenvalue weighted by atomic mass is 127. The number of hydrogen-bond acceptors (Lipinski definition) is 7. The zero-order valence-electron chi connectivity index (χ0n) is 15.5. The van der Waals surface area contributed by atoms with Crippen LogP contribution < -0.4 is 19.5 Å². The Balaban J connectivity index is 1.87. The Kier molecular flexibility index (Phi) is 5.07. The molecule has 1 aromatic heterocycles. The molecule has 2 aromatic carbocycles. The van der Waals surface area contributed by atoms with Gasteiger partial charge < -0.3 is 19.5 Å². The first kappa shape index (κ1) is 18.5. The van der Waals surface area contributed by atoms with Gasteiger partial charge in [0, 0.05) is 14.8 Å². The van der Waals surface area contributed by atoms with Crippen LogP contribution in [0, 0.1) is 3.57 Å². The highest BCUT2D eigenvalue weighted by Crippen LogP contribution is 2.44. The Labute approximate surface area is 175 Å². The number of nitrogens with one attached hydrogen (secondary N) is 1. The smallest absolute Gasteiger partial charge is 0.248 e. The van der Waals surface area contributed by atoms with E-state index in [-0.39, 0.29) is 6.04 Å². The van der Waals surface area contributed by atoms with E-state index >= 15 is 0 Å². The van der Waals surface area contributed by atoms with Gasteiger partial charge in [-0.2, -0.15) is 4.68 Å². The van der Waals surface area contributed by atoms with Crippen molar-refractivity contribution in [3.63, 3.8) is 0 Å². The summed E-state index contributed by atoms with van der Waals surface area (Å²) in [4.78, 5) is 0. The molecular weight excluding hydrogens is 473 g/mol. The number of halogens is 1. The summed E-state index contributed by atoms with van der Waals surface area (Å²) >= 11 is 2.29. The van der Waals surface area contributed by atoms with Crippen molar-refractivity contribution < 1.29 is 14.2 Å². The van der Waals surface area contributed by atoms with Crippen molar-refractivity contribution in [3.05, 3.63) is 57.2 Å². The van der Waals surface area contributed by atoms with Crippen LogP contribution in [0.4, 0.5) is 5.95 Å². The van der Waals surface area contributed by atoms with Crippen molar-refractivity contribution in [1.29, 1.82) is 0 Å². The van der Waals surface area contributed by atoms with E-state index in [9.17, 15) is 0 Å². The van der Waals surface area contributed by atoms with Crippen LogP contribution in [-0.4, -0.2) is 41.5 Å². The predicted octanol–water partition coefficient (Wildman–Crippen LogP) is 3.36. The number of aromatic nitrogens is 4. The number of rotatable bonds is 5. The van der Waals surface area contributed by atoms with E-state index in [1.165, 1.54) is 3.57 Å². The van der Waals surface area contributed by atoms with Crippen LogP contribution in [0.1, 0.15) is 17.2 Å². The first-order valence-corrected chi connectivity index (χ1v) is 9.55. The monoisotopic (exact) mass is 491 g/mol. The Morgan fingerprint density at radius 3 is 2.39 bits per heavy atom. The SMILES string of the molecule is COc1ccc([C@H]2C=C(c3ccc(I)cc3)Nc3nnnn32)c(OC)c1OC. The molecule has 0 radical (unpaired) electrons. The number of methoxy groups -OCH3 is 3. The minimum Gasteiger partial charge on any atom is -0.493 e. The number of allylic oxidation sites excluding steroid dienone is 1. The lowest BCUT2D eigenvalue weighted by Gasteiger charge is -2.25. The van der Waals surface area contributed by atoms with Crippen molar-refractivity contribution in [1.82, 2.24) is 20.2 Å². The number of hydrogen-bond donors (Lipinski definition) is 1. The Morgan fingerprint density at radius 1 is 0.964 bits per heavy atom. The van der Waals surface area contributed by atoms with E-state index in [1.807, 2.05) is 12.1 Å². The first-order chi connectivity index (χ1) is 13.7. The third-order valence-corrected chi connectivity index (χ3v) is 5.25. The molecular formula is C19H18IN5O3. The summed E-state index contributed by atoms with van der Waals surface area (Å²) in [5.74, 6) is 2.25. The van der Waals surface area contributed by atoms with Gasteiger partial charge in [-0.25, -0.2) is 0 Å². The predicted molar refractivity (Wildman–Crippen MR) is 113 cm³/mol. The zero-order chi connectivity index (χ0) is 19.7. The summed E-state index contributed by atoms with van der Waals surface area (Å²) in [6.07, 6.45) is 2.06. The number of nitrogens with zero attached hydrogens (tertiary/aromatic N) is 4. The lowest BCUT2D eigenvalue weighted by atomic mass is 10.00. The topological polar surface area (TPSA) is 83.3 Å².